The fourth-order valence-corrected chi connectivity index (χ4v) is 1.12. The van der Waals surface area contributed by atoms with E-state index in [1.54, 1.807) is 0 Å². The Bertz CT molecular complexity index is 142. The fourth-order valence-electron chi connectivity index (χ4n) is 0.887. The van der Waals surface area contributed by atoms with Crippen LogP contribution in [0.5, 0.6) is 0 Å². The Morgan fingerprint density at radius 2 is 2.50 bits per heavy atom. The van der Waals surface area contributed by atoms with E-state index in [4.69, 9.17) is 16.9 Å². The van der Waals surface area contributed by atoms with E-state index in [-0.39, 0.29) is 0 Å². The van der Waals surface area contributed by atoms with Crippen LogP contribution in [0.3, 0.4) is 0 Å². The van der Waals surface area contributed by atoms with Gasteiger partial charge < -0.3 is 10.4 Å². The van der Waals surface area contributed by atoms with Gasteiger partial charge in [-0.3, -0.25) is 4.79 Å². The van der Waals surface area contributed by atoms with Gasteiger partial charge in [-0.1, -0.05) is 0 Å². The number of nitrogens with one attached hydrogen (secondary N) is 1. The quantitative estimate of drug-likeness (QED) is 0.513. The first-order valence-electron chi connectivity index (χ1n) is 3.08. The molecule has 1 fully saturated rings. The monoisotopic (exact) mass is 164 g/mol. The number of piperazine rings is 1. The molecule has 58 valence electrons. The normalized spacial score (nSPS) is 28.3. The van der Waals surface area contributed by atoms with Crippen LogP contribution in [0.15, 0.2) is 0 Å². The lowest BCUT2D eigenvalue weighted by Crippen LogP contribution is -2.50. The van der Waals surface area contributed by atoms with Gasteiger partial charge in [-0.2, -0.15) is 0 Å². The first kappa shape index (κ1) is 7.78. The second-order valence-electron chi connectivity index (χ2n) is 2.18. The summed E-state index contributed by atoms with van der Waals surface area (Å²) in [6.07, 6.45) is 0. The molecule has 2 N–H and O–H groups in total. The minimum atomic E-state index is -0.873. The average Bonchev–Trinajstić information content (AvgIpc) is 1.88. The molecule has 1 heterocycles. The van der Waals surface area contributed by atoms with E-state index in [0.717, 1.165) is 6.54 Å². The highest BCUT2D eigenvalue weighted by molar-refractivity contribution is 6.14. The highest BCUT2D eigenvalue weighted by Crippen LogP contribution is 2.05. The van der Waals surface area contributed by atoms with Crippen LogP contribution in [-0.4, -0.2) is 41.2 Å². The Hall–Kier alpha value is -0.320. The van der Waals surface area contributed by atoms with E-state index in [1.165, 1.54) is 4.42 Å². The van der Waals surface area contributed by atoms with Crippen molar-refractivity contribution in [2.75, 3.05) is 19.6 Å². The number of carbonyl (C=O) groups is 1. The maximum atomic E-state index is 10.4. The molecule has 1 saturated heterocycles. The summed E-state index contributed by atoms with van der Waals surface area (Å²) >= 11 is 5.59. The summed E-state index contributed by atoms with van der Waals surface area (Å²) in [6.45, 7) is 1.77. The van der Waals surface area contributed by atoms with E-state index in [0.29, 0.717) is 13.1 Å². The van der Waals surface area contributed by atoms with Crippen LogP contribution in [0.4, 0.5) is 0 Å². The third-order valence-corrected chi connectivity index (χ3v) is 1.87. The zero-order chi connectivity index (χ0) is 7.56. The topological polar surface area (TPSA) is 52.6 Å². The molecule has 0 aromatic heterocycles. The molecular weight excluding hydrogens is 156 g/mol. The average molecular weight is 165 g/mol. The van der Waals surface area contributed by atoms with Gasteiger partial charge in [0.25, 0.3) is 0 Å². The van der Waals surface area contributed by atoms with Gasteiger partial charge in [-0.15, -0.1) is 0 Å². The van der Waals surface area contributed by atoms with E-state index in [2.05, 4.69) is 5.32 Å². The number of nitrogens with zero attached hydrogens (tertiary/aromatic N) is 1. The Morgan fingerprint density at radius 1 is 1.80 bits per heavy atom. The predicted molar refractivity (Wildman–Crippen MR) is 36.9 cm³/mol. The van der Waals surface area contributed by atoms with E-state index < -0.39 is 12.0 Å². The van der Waals surface area contributed by atoms with Crippen LogP contribution in [-0.2, 0) is 4.79 Å². The Labute approximate surface area is 63.9 Å². The van der Waals surface area contributed by atoms with Crippen molar-refractivity contribution in [3.63, 3.8) is 0 Å². The van der Waals surface area contributed by atoms with E-state index >= 15 is 0 Å². The third kappa shape index (κ3) is 1.59. The van der Waals surface area contributed by atoms with Crippen LogP contribution in [0.2, 0.25) is 0 Å². The van der Waals surface area contributed by atoms with Gasteiger partial charge in [0.1, 0.15) is 6.04 Å². The number of rotatable bonds is 1. The van der Waals surface area contributed by atoms with Crippen molar-refractivity contribution in [3.8, 4) is 0 Å². The molecule has 1 atom stereocenters. The van der Waals surface area contributed by atoms with Crippen molar-refractivity contribution < 1.29 is 9.90 Å². The van der Waals surface area contributed by atoms with Crippen LogP contribution < -0.4 is 5.32 Å². The SMILES string of the molecule is O=C(O)C1CNCCN1Cl. The van der Waals surface area contributed by atoms with Crippen molar-refractivity contribution in [1.29, 1.82) is 0 Å². The molecule has 0 radical (unpaired) electrons. The maximum absolute atomic E-state index is 10.4. The number of hydrogen-bond donors (Lipinski definition) is 2. The third-order valence-electron chi connectivity index (χ3n) is 1.46. The number of carboxylic acids is 1. The number of carboxylic acid groups (broad SMARTS) is 1. The molecule has 1 unspecified atom stereocenters. The first-order chi connectivity index (χ1) is 4.72. The number of halogens is 1. The first-order valence-corrected chi connectivity index (χ1v) is 3.41. The predicted octanol–water partition coefficient (Wildman–Crippen LogP) is -0.501. The summed E-state index contributed by atoms with van der Waals surface area (Å²) in [7, 11) is 0. The van der Waals surface area contributed by atoms with Crippen molar-refractivity contribution in [1.82, 2.24) is 9.74 Å². The molecule has 10 heavy (non-hydrogen) atoms. The molecule has 1 aliphatic heterocycles. The van der Waals surface area contributed by atoms with Crippen LogP contribution in [0, 0.1) is 0 Å². The molecule has 0 spiro atoms. The smallest absolute Gasteiger partial charge is 0.323 e. The lowest BCUT2D eigenvalue weighted by atomic mass is 10.2. The lowest BCUT2D eigenvalue weighted by Gasteiger charge is -2.26. The molecule has 4 nitrogen and oxygen atoms in total. The molecule has 1 rings (SSSR count). The van der Waals surface area contributed by atoms with Gasteiger partial charge in [0.05, 0.1) is 0 Å². The summed E-state index contributed by atoms with van der Waals surface area (Å²) in [5, 5.41) is 11.5. The lowest BCUT2D eigenvalue weighted by molar-refractivity contribution is -0.141. The summed E-state index contributed by atoms with van der Waals surface area (Å²) in [4.78, 5) is 10.4. The second-order valence-corrected chi connectivity index (χ2v) is 2.62. The molecule has 5 heteroatoms. The minimum Gasteiger partial charge on any atom is -0.480 e. The van der Waals surface area contributed by atoms with Crippen molar-refractivity contribution >= 4 is 17.7 Å². The highest BCUT2D eigenvalue weighted by Gasteiger charge is 2.26. The molecule has 0 aliphatic carbocycles. The summed E-state index contributed by atoms with van der Waals surface area (Å²) in [6, 6.07) is -0.574. The van der Waals surface area contributed by atoms with Gasteiger partial charge in [-0.05, 0) is 11.8 Å². The molecule has 0 saturated carbocycles. The summed E-state index contributed by atoms with van der Waals surface area (Å²) < 4.78 is 1.32. The van der Waals surface area contributed by atoms with Crippen LogP contribution in [0.25, 0.3) is 0 Å². The fraction of sp³-hybridized carbons (Fsp3) is 0.800. The standard InChI is InChI=1S/C5H9ClN2O2/c6-8-2-1-7-3-4(8)5(9)10/h4,7H,1-3H2,(H,9,10). The van der Waals surface area contributed by atoms with Crippen molar-refractivity contribution in [3.05, 3.63) is 0 Å². The van der Waals surface area contributed by atoms with Gasteiger partial charge in [-0.25, -0.2) is 4.42 Å². The summed E-state index contributed by atoms with van der Waals surface area (Å²) in [5.41, 5.74) is 0. The van der Waals surface area contributed by atoms with Gasteiger partial charge in [0.15, 0.2) is 0 Å². The maximum Gasteiger partial charge on any atom is 0.323 e. The Balaban J connectivity index is 2.47. The molecule has 1 aliphatic rings. The van der Waals surface area contributed by atoms with Crippen LogP contribution >= 0.6 is 11.8 Å². The summed E-state index contributed by atoms with van der Waals surface area (Å²) in [5.74, 6) is -0.873. The molecule has 0 aromatic rings. The van der Waals surface area contributed by atoms with Crippen molar-refractivity contribution in [2.45, 2.75) is 6.04 Å². The number of aliphatic carboxylic acids is 1. The second kappa shape index (κ2) is 3.18. The molecule has 0 amide bonds. The molecule has 0 bridgehead atoms. The molecule has 0 aromatic carbocycles. The van der Waals surface area contributed by atoms with E-state index in [1.807, 2.05) is 0 Å². The van der Waals surface area contributed by atoms with Gasteiger partial charge in [0.2, 0.25) is 0 Å². The largest absolute Gasteiger partial charge is 0.480 e. The zero-order valence-electron chi connectivity index (χ0n) is 5.38. The minimum absolute atomic E-state index is 0.429. The van der Waals surface area contributed by atoms with Gasteiger partial charge >= 0.3 is 5.97 Å². The van der Waals surface area contributed by atoms with E-state index in [9.17, 15) is 4.79 Å². The van der Waals surface area contributed by atoms with Crippen LogP contribution in [0.1, 0.15) is 0 Å². The Kier molecular flexibility index (Phi) is 2.48. The Morgan fingerprint density at radius 3 is 2.90 bits per heavy atom. The molecular formula is C5H9ClN2O2. The van der Waals surface area contributed by atoms with Gasteiger partial charge in [0, 0.05) is 19.6 Å². The van der Waals surface area contributed by atoms with Crippen molar-refractivity contribution in [2.24, 2.45) is 0 Å². The zero-order valence-corrected chi connectivity index (χ0v) is 6.14. The number of hydrogen-bond acceptors (Lipinski definition) is 3. The highest BCUT2D eigenvalue weighted by atomic mass is 35.5.